The summed E-state index contributed by atoms with van der Waals surface area (Å²) in [6.07, 6.45) is 0. The van der Waals surface area contributed by atoms with Crippen molar-refractivity contribution in [3.05, 3.63) is 40.4 Å². The predicted octanol–water partition coefficient (Wildman–Crippen LogP) is 0.632. The van der Waals surface area contributed by atoms with Crippen molar-refractivity contribution >= 4 is 16.9 Å². The van der Waals surface area contributed by atoms with E-state index in [1.54, 1.807) is 24.3 Å². The zero-order valence-corrected chi connectivity index (χ0v) is 7.97. The summed E-state index contributed by atoms with van der Waals surface area (Å²) in [7, 11) is 1.39. The highest BCUT2D eigenvalue weighted by Gasteiger charge is 2.14. The summed E-state index contributed by atoms with van der Waals surface area (Å²) in [5, 5.41) is 9.47. The van der Waals surface area contributed by atoms with Crippen LogP contribution in [0.3, 0.4) is 0 Å². The van der Waals surface area contributed by atoms with E-state index in [2.05, 4.69) is 4.98 Å². The number of hydrogen-bond acceptors (Lipinski definition) is 3. The monoisotopic (exact) mass is 204 g/mol. The van der Waals surface area contributed by atoms with Crippen LogP contribution in [0.15, 0.2) is 29.1 Å². The highest BCUT2D eigenvalue weighted by Crippen LogP contribution is 2.13. The Morgan fingerprint density at radius 2 is 2.07 bits per heavy atom. The van der Waals surface area contributed by atoms with Crippen LogP contribution in [0, 0.1) is 0 Å². The van der Waals surface area contributed by atoms with Crippen molar-refractivity contribution in [2.75, 3.05) is 0 Å². The maximum absolute atomic E-state index is 11.3. The Kier molecular flexibility index (Phi) is 2.00. The Balaban J connectivity index is 3.02. The lowest BCUT2D eigenvalue weighted by molar-refractivity contribution is 0.0687. The molecule has 0 radical (unpaired) electrons. The van der Waals surface area contributed by atoms with Gasteiger partial charge in [-0.1, -0.05) is 18.2 Å². The Morgan fingerprint density at radius 1 is 1.40 bits per heavy atom. The number of benzene rings is 1. The van der Waals surface area contributed by atoms with Crippen molar-refractivity contribution in [1.82, 2.24) is 9.55 Å². The second kappa shape index (κ2) is 3.20. The molecule has 0 spiro atoms. The fourth-order valence-electron chi connectivity index (χ4n) is 1.48. The van der Waals surface area contributed by atoms with Crippen LogP contribution in [-0.4, -0.2) is 20.6 Å². The summed E-state index contributed by atoms with van der Waals surface area (Å²) in [4.78, 5) is 26.1. The number of carbonyl (C=O) groups is 1. The molecule has 0 atom stereocenters. The van der Waals surface area contributed by atoms with Crippen molar-refractivity contribution in [3.63, 3.8) is 0 Å². The first kappa shape index (κ1) is 9.39. The highest BCUT2D eigenvalue weighted by molar-refractivity contribution is 6.00. The third-order valence-corrected chi connectivity index (χ3v) is 2.20. The summed E-state index contributed by atoms with van der Waals surface area (Å²) < 4.78 is 1.03. The Bertz CT molecular complexity index is 601. The summed E-state index contributed by atoms with van der Waals surface area (Å²) in [5.74, 6) is -1.13. The van der Waals surface area contributed by atoms with Gasteiger partial charge >= 0.3 is 11.7 Å². The number of carboxylic acid groups (broad SMARTS) is 1. The van der Waals surface area contributed by atoms with Gasteiger partial charge in [0.15, 0.2) is 0 Å². The number of aromatic carboxylic acids is 1. The summed E-state index contributed by atoms with van der Waals surface area (Å²) in [5.41, 5.74) is -0.199. The smallest absolute Gasteiger partial charge is 0.353 e. The molecule has 0 aliphatic heterocycles. The van der Waals surface area contributed by atoms with Gasteiger partial charge in [0.25, 0.3) is 0 Å². The summed E-state index contributed by atoms with van der Waals surface area (Å²) in [6, 6.07) is 6.66. The van der Waals surface area contributed by atoms with Gasteiger partial charge in [-0.2, -0.15) is 4.98 Å². The van der Waals surface area contributed by atoms with Gasteiger partial charge < -0.3 is 5.11 Å². The Labute approximate surface area is 84.6 Å². The molecule has 0 unspecified atom stereocenters. The highest BCUT2D eigenvalue weighted by atomic mass is 16.4. The van der Waals surface area contributed by atoms with Crippen LogP contribution < -0.4 is 5.69 Å². The second-order valence-corrected chi connectivity index (χ2v) is 3.12. The molecule has 0 aliphatic rings. The molecule has 1 aromatic carbocycles. The average molecular weight is 204 g/mol. The molecular weight excluding hydrogens is 196 g/mol. The van der Waals surface area contributed by atoms with Crippen LogP contribution in [0.5, 0.6) is 0 Å². The third kappa shape index (κ3) is 1.38. The molecule has 0 amide bonds. The first-order valence-corrected chi connectivity index (χ1v) is 4.30. The van der Waals surface area contributed by atoms with E-state index in [1.165, 1.54) is 7.05 Å². The molecule has 1 aromatic heterocycles. The van der Waals surface area contributed by atoms with E-state index in [-0.39, 0.29) is 5.69 Å². The van der Waals surface area contributed by atoms with E-state index in [1.807, 2.05) is 0 Å². The maximum Gasteiger partial charge on any atom is 0.353 e. The van der Waals surface area contributed by atoms with Crippen molar-refractivity contribution in [3.8, 4) is 0 Å². The van der Waals surface area contributed by atoms with Gasteiger partial charge in [-0.25, -0.2) is 9.59 Å². The minimum absolute atomic E-state index is 0.0365. The van der Waals surface area contributed by atoms with E-state index in [0.717, 1.165) is 4.57 Å². The number of carboxylic acids is 1. The number of rotatable bonds is 1. The molecule has 1 heterocycles. The second-order valence-electron chi connectivity index (χ2n) is 3.12. The molecular formula is C10H8N2O3. The zero-order valence-electron chi connectivity index (χ0n) is 7.97. The van der Waals surface area contributed by atoms with Gasteiger partial charge in [0.05, 0.1) is 5.52 Å². The summed E-state index contributed by atoms with van der Waals surface area (Å²) >= 11 is 0. The minimum Gasteiger partial charge on any atom is -0.477 e. The van der Waals surface area contributed by atoms with Crippen molar-refractivity contribution < 1.29 is 9.90 Å². The first-order valence-electron chi connectivity index (χ1n) is 4.30. The molecule has 5 nitrogen and oxygen atoms in total. The number of aromatic nitrogens is 2. The lowest BCUT2D eigenvalue weighted by atomic mass is 10.2. The van der Waals surface area contributed by atoms with E-state index in [4.69, 9.17) is 5.11 Å². The third-order valence-electron chi connectivity index (χ3n) is 2.20. The quantitative estimate of drug-likeness (QED) is 0.739. The van der Waals surface area contributed by atoms with Crippen LogP contribution in [0.4, 0.5) is 0 Å². The minimum atomic E-state index is -1.13. The zero-order chi connectivity index (χ0) is 11.0. The van der Waals surface area contributed by atoms with Gasteiger partial charge in [-0.15, -0.1) is 0 Å². The molecule has 1 N–H and O–H groups in total. The van der Waals surface area contributed by atoms with Gasteiger partial charge in [0.2, 0.25) is 0 Å². The predicted molar refractivity (Wildman–Crippen MR) is 53.9 cm³/mol. The van der Waals surface area contributed by atoms with Crippen LogP contribution in [-0.2, 0) is 7.05 Å². The molecule has 76 valence electrons. The molecule has 2 aromatic rings. The van der Waals surface area contributed by atoms with Gasteiger partial charge in [0.1, 0.15) is 5.69 Å². The molecule has 5 heteroatoms. The van der Waals surface area contributed by atoms with E-state index >= 15 is 0 Å². The first-order chi connectivity index (χ1) is 7.11. The van der Waals surface area contributed by atoms with Crippen LogP contribution >= 0.6 is 0 Å². The normalized spacial score (nSPS) is 10.5. The largest absolute Gasteiger partial charge is 0.477 e. The van der Waals surface area contributed by atoms with E-state index in [9.17, 15) is 9.59 Å². The summed E-state index contributed by atoms with van der Waals surface area (Å²) in [6.45, 7) is 0. The standard InChI is InChI=1S/C10H8N2O3/c1-12-8(9(13)14)6-4-2-3-5-7(6)11-10(12)15/h2-5H,1H3,(H,13,14). The van der Waals surface area contributed by atoms with Crippen molar-refractivity contribution in [1.29, 1.82) is 0 Å². The molecule has 0 aliphatic carbocycles. The maximum atomic E-state index is 11.3. The molecule has 0 saturated heterocycles. The molecule has 0 bridgehead atoms. The van der Waals surface area contributed by atoms with Crippen molar-refractivity contribution in [2.24, 2.45) is 7.05 Å². The molecule has 2 rings (SSSR count). The fraction of sp³-hybridized carbons (Fsp3) is 0.100. The molecule has 0 saturated carbocycles. The molecule has 0 fully saturated rings. The van der Waals surface area contributed by atoms with E-state index < -0.39 is 11.7 Å². The molecule has 15 heavy (non-hydrogen) atoms. The Hall–Kier alpha value is -2.17. The topological polar surface area (TPSA) is 72.2 Å². The lowest BCUT2D eigenvalue weighted by Gasteiger charge is -2.05. The number of para-hydroxylation sites is 1. The fourth-order valence-corrected chi connectivity index (χ4v) is 1.48. The van der Waals surface area contributed by atoms with Gasteiger partial charge in [-0.05, 0) is 6.07 Å². The lowest BCUT2D eigenvalue weighted by Crippen LogP contribution is -2.25. The van der Waals surface area contributed by atoms with Crippen LogP contribution in [0.1, 0.15) is 10.5 Å². The van der Waals surface area contributed by atoms with Crippen molar-refractivity contribution in [2.45, 2.75) is 0 Å². The number of nitrogens with zero attached hydrogens (tertiary/aromatic N) is 2. The Morgan fingerprint density at radius 3 is 2.73 bits per heavy atom. The number of fused-ring (bicyclic) bond motifs is 1. The number of hydrogen-bond donors (Lipinski definition) is 1. The van der Waals surface area contributed by atoms with Gasteiger partial charge in [0, 0.05) is 12.4 Å². The van der Waals surface area contributed by atoms with Crippen LogP contribution in [0.2, 0.25) is 0 Å². The van der Waals surface area contributed by atoms with Gasteiger partial charge in [-0.3, -0.25) is 4.57 Å². The van der Waals surface area contributed by atoms with E-state index in [0.29, 0.717) is 10.9 Å². The van der Waals surface area contributed by atoms with Crippen LogP contribution in [0.25, 0.3) is 10.9 Å². The average Bonchev–Trinajstić information content (AvgIpc) is 2.19. The SMILES string of the molecule is Cn1c(C(=O)O)c2ccccc2nc1=O.